The van der Waals surface area contributed by atoms with Crippen molar-refractivity contribution in [3.8, 4) is 0 Å². The normalized spacial score (nSPS) is 19.4. The highest BCUT2D eigenvalue weighted by atomic mass is 16.6. The van der Waals surface area contributed by atoms with E-state index in [9.17, 15) is 9.59 Å². The van der Waals surface area contributed by atoms with E-state index < -0.39 is 24.1 Å². The van der Waals surface area contributed by atoms with Crippen LogP contribution in [0.1, 0.15) is 24.9 Å². The SMILES string of the molecule is C=C[C@@H](CC)C(N=[N+]=[N-])C(=O)N1C(=O)OC[C@@H]1c1ccccc1. The molecule has 1 aromatic rings. The number of azide groups is 1. The standard InChI is InChI=1S/C16H18N4O3/c1-3-11(4-2)14(18-19-17)15(21)20-13(10-23-16(20)22)12-8-6-5-7-9-12/h3,5-9,11,13-14H,1,4,10H2,2H3/t11-,13+,14?/m0/s1. The molecule has 2 amide bonds. The van der Waals surface area contributed by atoms with Crippen LogP contribution >= 0.6 is 0 Å². The maximum atomic E-state index is 12.8. The van der Waals surface area contributed by atoms with Gasteiger partial charge in [0.05, 0.1) is 0 Å². The van der Waals surface area contributed by atoms with Crippen molar-refractivity contribution in [3.63, 3.8) is 0 Å². The second-order valence-electron chi connectivity index (χ2n) is 5.17. The third kappa shape index (κ3) is 3.35. The molecule has 1 aromatic carbocycles. The summed E-state index contributed by atoms with van der Waals surface area (Å²) in [4.78, 5) is 28.6. The zero-order chi connectivity index (χ0) is 16.8. The summed E-state index contributed by atoms with van der Waals surface area (Å²) in [6, 6.07) is 7.60. The number of carbonyl (C=O) groups is 2. The maximum Gasteiger partial charge on any atom is 0.417 e. The molecule has 23 heavy (non-hydrogen) atoms. The summed E-state index contributed by atoms with van der Waals surface area (Å²) in [5.41, 5.74) is 9.54. The summed E-state index contributed by atoms with van der Waals surface area (Å²) in [7, 11) is 0. The Bertz CT molecular complexity index is 640. The smallest absolute Gasteiger partial charge is 0.417 e. The van der Waals surface area contributed by atoms with E-state index in [1.807, 2.05) is 37.3 Å². The Hall–Kier alpha value is -2.79. The minimum Gasteiger partial charge on any atom is -0.446 e. The molecule has 7 nitrogen and oxygen atoms in total. The highest BCUT2D eigenvalue weighted by Crippen LogP contribution is 2.30. The summed E-state index contributed by atoms with van der Waals surface area (Å²) in [6.07, 6.45) is 1.41. The van der Waals surface area contributed by atoms with Crippen LogP contribution < -0.4 is 0 Å². The van der Waals surface area contributed by atoms with Crippen molar-refractivity contribution in [2.75, 3.05) is 6.61 Å². The lowest BCUT2D eigenvalue weighted by Crippen LogP contribution is -2.43. The summed E-state index contributed by atoms with van der Waals surface area (Å²) >= 11 is 0. The van der Waals surface area contributed by atoms with Crippen LogP contribution in [0.15, 0.2) is 48.1 Å². The van der Waals surface area contributed by atoms with E-state index in [0.717, 1.165) is 10.5 Å². The number of cyclic esters (lactones) is 1. The van der Waals surface area contributed by atoms with Gasteiger partial charge in [-0.3, -0.25) is 4.79 Å². The van der Waals surface area contributed by atoms with Gasteiger partial charge in [0.2, 0.25) is 5.91 Å². The van der Waals surface area contributed by atoms with E-state index in [-0.39, 0.29) is 12.5 Å². The van der Waals surface area contributed by atoms with Gasteiger partial charge in [0.25, 0.3) is 0 Å². The summed E-state index contributed by atoms with van der Waals surface area (Å²) in [5.74, 6) is -0.908. The molecule has 0 saturated carbocycles. The third-order valence-corrected chi connectivity index (χ3v) is 3.90. The van der Waals surface area contributed by atoms with Gasteiger partial charge in [-0.15, -0.1) is 6.58 Å². The molecule has 1 aliphatic rings. The Morgan fingerprint density at radius 3 is 2.83 bits per heavy atom. The molecule has 1 aliphatic heterocycles. The number of carbonyl (C=O) groups excluding carboxylic acids is 2. The predicted molar refractivity (Wildman–Crippen MR) is 84.3 cm³/mol. The average molecular weight is 314 g/mol. The van der Waals surface area contributed by atoms with Crippen molar-refractivity contribution in [2.45, 2.75) is 25.4 Å². The second kappa shape index (κ2) is 7.47. The van der Waals surface area contributed by atoms with Gasteiger partial charge in [0.1, 0.15) is 18.7 Å². The van der Waals surface area contributed by atoms with Gasteiger partial charge in [0, 0.05) is 4.91 Å². The number of hydrogen-bond donors (Lipinski definition) is 0. The monoisotopic (exact) mass is 314 g/mol. The molecule has 120 valence electrons. The predicted octanol–water partition coefficient (Wildman–Crippen LogP) is 3.60. The Morgan fingerprint density at radius 2 is 2.26 bits per heavy atom. The number of ether oxygens (including phenoxy) is 1. The van der Waals surface area contributed by atoms with E-state index in [1.54, 1.807) is 6.08 Å². The second-order valence-corrected chi connectivity index (χ2v) is 5.17. The zero-order valence-electron chi connectivity index (χ0n) is 12.8. The van der Waals surface area contributed by atoms with Crippen LogP contribution in [0.3, 0.4) is 0 Å². The molecule has 2 rings (SSSR count). The fraction of sp³-hybridized carbons (Fsp3) is 0.375. The highest BCUT2D eigenvalue weighted by molar-refractivity contribution is 5.97. The Labute approximate surface area is 134 Å². The van der Waals surface area contributed by atoms with Crippen LogP contribution in [0.4, 0.5) is 4.79 Å². The maximum absolute atomic E-state index is 12.8. The molecule has 0 N–H and O–H groups in total. The fourth-order valence-corrected chi connectivity index (χ4v) is 2.62. The number of nitrogens with zero attached hydrogens (tertiary/aromatic N) is 4. The summed E-state index contributed by atoms with van der Waals surface area (Å²) < 4.78 is 5.03. The molecule has 0 aliphatic carbocycles. The fourth-order valence-electron chi connectivity index (χ4n) is 2.62. The van der Waals surface area contributed by atoms with E-state index in [1.165, 1.54) is 0 Å². The molecule has 1 unspecified atom stereocenters. The Kier molecular flexibility index (Phi) is 5.38. The summed E-state index contributed by atoms with van der Waals surface area (Å²) in [6.45, 7) is 5.61. The molecule has 1 fully saturated rings. The number of rotatable bonds is 6. The first-order valence-corrected chi connectivity index (χ1v) is 7.35. The third-order valence-electron chi connectivity index (χ3n) is 3.90. The van der Waals surface area contributed by atoms with E-state index in [4.69, 9.17) is 10.3 Å². The van der Waals surface area contributed by atoms with Crippen molar-refractivity contribution in [1.82, 2.24) is 4.90 Å². The van der Waals surface area contributed by atoms with Crippen molar-refractivity contribution in [1.29, 1.82) is 0 Å². The lowest BCUT2D eigenvalue weighted by molar-refractivity contribution is -0.131. The van der Waals surface area contributed by atoms with E-state index in [0.29, 0.717) is 6.42 Å². The lowest BCUT2D eigenvalue weighted by atomic mass is 9.95. The molecular formula is C16H18N4O3. The van der Waals surface area contributed by atoms with Crippen molar-refractivity contribution < 1.29 is 14.3 Å². The number of imide groups is 1. The van der Waals surface area contributed by atoms with Gasteiger partial charge in [0.15, 0.2) is 0 Å². The largest absolute Gasteiger partial charge is 0.446 e. The van der Waals surface area contributed by atoms with Crippen LogP contribution in [0.2, 0.25) is 0 Å². The lowest BCUT2D eigenvalue weighted by Gasteiger charge is -2.25. The van der Waals surface area contributed by atoms with Gasteiger partial charge in [-0.05, 0) is 23.4 Å². The van der Waals surface area contributed by atoms with Gasteiger partial charge < -0.3 is 4.74 Å². The first-order chi connectivity index (χ1) is 11.1. The van der Waals surface area contributed by atoms with Crippen molar-refractivity contribution in [3.05, 3.63) is 59.0 Å². The minimum atomic E-state index is -1.01. The van der Waals surface area contributed by atoms with Gasteiger partial charge >= 0.3 is 6.09 Å². The number of benzene rings is 1. The molecular weight excluding hydrogens is 296 g/mol. The van der Waals surface area contributed by atoms with Crippen LogP contribution in [0.5, 0.6) is 0 Å². The highest BCUT2D eigenvalue weighted by Gasteiger charge is 2.42. The first kappa shape index (κ1) is 16.6. The Balaban J connectivity index is 2.35. The minimum absolute atomic E-state index is 0.0858. The van der Waals surface area contributed by atoms with Gasteiger partial charge in [-0.2, -0.15) is 0 Å². The van der Waals surface area contributed by atoms with Gasteiger partial charge in [-0.1, -0.05) is 48.4 Å². The van der Waals surface area contributed by atoms with Crippen LogP contribution in [0.25, 0.3) is 10.4 Å². The van der Waals surface area contributed by atoms with E-state index >= 15 is 0 Å². The molecule has 3 atom stereocenters. The van der Waals surface area contributed by atoms with Crippen molar-refractivity contribution >= 4 is 12.0 Å². The molecule has 0 radical (unpaired) electrons. The van der Waals surface area contributed by atoms with Crippen LogP contribution in [-0.4, -0.2) is 29.5 Å². The van der Waals surface area contributed by atoms with Crippen molar-refractivity contribution in [2.24, 2.45) is 11.0 Å². The molecule has 0 bridgehead atoms. The van der Waals surface area contributed by atoms with Crippen LogP contribution in [-0.2, 0) is 9.53 Å². The number of amides is 2. The molecule has 7 heteroatoms. The zero-order valence-corrected chi connectivity index (χ0v) is 12.8. The van der Waals surface area contributed by atoms with Crippen LogP contribution in [0, 0.1) is 5.92 Å². The quantitative estimate of drug-likeness (QED) is 0.347. The average Bonchev–Trinajstić information content (AvgIpc) is 2.97. The molecule has 0 aromatic heterocycles. The molecule has 1 heterocycles. The first-order valence-electron chi connectivity index (χ1n) is 7.35. The topological polar surface area (TPSA) is 95.4 Å². The molecule has 1 saturated heterocycles. The van der Waals surface area contributed by atoms with E-state index in [2.05, 4.69) is 16.6 Å². The summed E-state index contributed by atoms with van der Waals surface area (Å²) in [5, 5.41) is 3.58. The molecule has 0 spiro atoms. The Morgan fingerprint density at radius 1 is 1.57 bits per heavy atom. The number of hydrogen-bond acceptors (Lipinski definition) is 4. The van der Waals surface area contributed by atoms with Gasteiger partial charge in [-0.25, -0.2) is 9.69 Å².